The smallest absolute Gasteiger partial charge is 0.252 e. The van der Waals surface area contributed by atoms with Crippen LogP contribution in [-0.4, -0.2) is 45.5 Å². The third-order valence-corrected chi connectivity index (χ3v) is 5.73. The Hall–Kier alpha value is -2.47. The predicted octanol–water partition coefficient (Wildman–Crippen LogP) is 1.55. The molecule has 4 rings (SSSR count). The molecule has 2 aliphatic rings. The number of ketones is 1. The summed E-state index contributed by atoms with van der Waals surface area (Å²) < 4.78 is 1.86. The maximum absolute atomic E-state index is 13.2. The van der Waals surface area contributed by atoms with E-state index in [1.54, 1.807) is 18.2 Å². The van der Waals surface area contributed by atoms with E-state index in [-0.39, 0.29) is 17.7 Å². The summed E-state index contributed by atoms with van der Waals surface area (Å²) in [5.41, 5.74) is 2.68. The molecule has 25 heavy (non-hydrogen) atoms. The van der Waals surface area contributed by atoms with Gasteiger partial charge in [-0.15, -0.1) is 0 Å². The number of nitrogens with one attached hydrogen (secondary N) is 1. The van der Waals surface area contributed by atoms with E-state index < -0.39 is 5.41 Å². The maximum atomic E-state index is 13.2. The largest absolute Gasteiger partial charge is 0.347 e. The molecule has 0 spiro atoms. The Morgan fingerprint density at radius 1 is 1.28 bits per heavy atom. The first-order chi connectivity index (χ1) is 11.9. The van der Waals surface area contributed by atoms with Gasteiger partial charge in [-0.25, -0.2) is 0 Å². The van der Waals surface area contributed by atoms with Gasteiger partial charge >= 0.3 is 0 Å². The molecule has 0 unspecified atom stereocenters. The molecule has 1 fully saturated rings. The van der Waals surface area contributed by atoms with E-state index in [0.717, 1.165) is 17.8 Å². The zero-order chi connectivity index (χ0) is 17.8. The SMILES string of the molecule is Cc1c(CN2C[C@H]3NC(=O)c4ccccc4C(=O)[C@@]3(C)C2)cnn1C. The van der Waals surface area contributed by atoms with Crippen LogP contribution in [0.2, 0.25) is 0 Å². The molecular formula is C19H22N4O2. The van der Waals surface area contributed by atoms with Crippen LogP contribution in [0.4, 0.5) is 0 Å². The molecule has 6 nitrogen and oxygen atoms in total. The van der Waals surface area contributed by atoms with Crippen molar-refractivity contribution in [3.8, 4) is 0 Å². The highest BCUT2D eigenvalue weighted by Crippen LogP contribution is 2.37. The molecule has 1 amide bonds. The van der Waals surface area contributed by atoms with Gasteiger partial charge in [-0.2, -0.15) is 5.10 Å². The predicted molar refractivity (Wildman–Crippen MR) is 93.4 cm³/mol. The van der Waals surface area contributed by atoms with E-state index in [0.29, 0.717) is 24.2 Å². The summed E-state index contributed by atoms with van der Waals surface area (Å²) >= 11 is 0. The lowest BCUT2D eigenvalue weighted by Gasteiger charge is -2.27. The molecule has 1 aromatic heterocycles. The molecule has 3 heterocycles. The van der Waals surface area contributed by atoms with Gasteiger partial charge in [0.15, 0.2) is 5.78 Å². The third-order valence-electron chi connectivity index (χ3n) is 5.73. The molecule has 2 aliphatic heterocycles. The van der Waals surface area contributed by atoms with Gasteiger partial charge in [0.05, 0.1) is 23.2 Å². The third kappa shape index (κ3) is 2.40. The van der Waals surface area contributed by atoms with Gasteiger partial charge in [0.25, 0.3) is 5.91 Å². The van der Waals surface area contributed by atoms with Crippen molar-refractivity contribution in [2.75, 3.05) is 13.1 Å². The number of Topliss-reactive ketones (excluding diaryl/α,β-unsaturated/α-hetero) is 1. The summed E-state index contributed by atoms with van der Waals surface area (Å²) in [5.74, 6) is -0.103. The van der Waals surface area contributed by atoms with Crippen LogP contribution in [0.1, 0.15) is 38.9 Å². The molecule has 130 valence electrons. The van der Waals surface area contributed by atoms with Crippen LogP contribution in [-0.2, 0) is 13.6 Å². The molecule has 1 aromatic carbocycles. The van der Waals surface area contributed by atoms with E-state index in [2.05, 4.69) is 15.3 Å². The first-order valence-electron chi connectivity index (χ1n) is 8.54. The number of carbonyl (C=O) groups is 2. The van der Waals surface area contributed by atoms with Crippen molar-refractivity contribution in [3.05, 3.63) is 52.8 Å². The van der Waals surface area contributed by atoms with Crippen LogP contribution in [0.3, 0.4) is 0 Å². The minimum Gasteiger partial charge on any atom is -0.347 e. The van der Waals surface area contributed by atoms with Crippen LogP contribution in [0, 0.1) is 12.3 Å². The Morgan fingerprint density at radius 3 is 2.68 bits per heavy atom. The van der Waals surface area contributed by atoms with Gasteiger partial charge in [-0.1, -0.05) is 18.2 Å². The molecule has 0 radical (unpaired) electrons. The fourth-order valence-corrected chi connectivity index (χ4v) is 4.02. The second kappa shape index (κ2) is 5.52. The minimum absolute atomic E-state index is 0.0526. The second-order valence-corrected chi connectivity index (χ2v) is 7.37. The van der Waals surface area contributed by atoms with Crippen LogP contribution < -0.4 is 5.32 Å². The molecule has 0 aliphatic carbocycles. The topological polar surface area (TPSA) is 67.2 Å². The van der Waals surface area contributed by atoms with Gasteiger partial charge in [0.2, 0.25) is 0 Å². The summed E-state index contributed by atoms with van der Waals surface area (Å²) in [6.45, 7) is 6.03. The van der Waals surface area contributed by atoms with Crippen molar-refractivity contribution >= 4 is 11.7 Å². The summed E-state index contributed by atoms with van der Waals surface area (Å²) in [6, 6.07) is 6.92. The molecular weight excluding hydrogens is 316 g/mol. The van der Waals surface area contributed by atoms with Crippen molar-refractivity contribution in [2.24, 2.45) is 12.5 Å². The van der Waals surface area contributed by atoms with E-state index in [4.69, 9.17) is 0 Å². The molecule has 1 N–H and O–H groups in total. The van der Waals surface area contributed by atoms with Gasteiger partial charge in [-0.3, -0.25) is 19.2 Å². The highest BCUT2D eigenvalue weighted by Gasteiger charge is 2.51. The Morgan fingerprint density at radius 2 is 2.00 bits per heavy atom. The lowest BCUT2D eigenvalue weighted by Crippen LogP contribution is -2.47. The monoisotopic (exact) mass is 338 g/mol. The number of carbonyl (C=O) groups excluding carboxylic acids is 2. The number of fused-ring (bicyclic) bond motifs is 2. The summed E-state index contributed by atoms with van der Waals surface area (Å²) in [4.78, 5) is 28.0. The Balaban J connectivity index is 1.65. The fraction of sp³-hybridized carbons (Fsp3) is 0.421. The lowest BCUT2D eigenvalue weighted by molar-refractivity contribution is 0.0789. The highest BCUT2D eigenvalue weighted by molar-refractivity contribution is 6.12. The molecule has 2 aromatic rings. The van der Waals surface area contributed by atoms with E-state index in [9.17, 15) is 9.59 Å². The summed E-state index contributed by atoms with van der Waals surface area (Å²) in [6.07, 6.45) is 1.88. The Kier molecular flexibility index (Phi) is 3.54. The van der Waals surface area contributed by atoms with Gasteiger partial charge in [-0.05, 0) is 19.9 Å². The van der Waals surface area contributed by atoms with Crippen molar-refractivity contribution in [3.63, 3.8) is 0 Å². The number of nitrogens with zero attached hydrogens (tertiary/aromatic N) is 3. The molecule has 2 atom stereocenters. The standard InChI is InChI=1S/C19H22N4O2/c1-12-13(8-20-22(12)3)9-23-10-16-19(2,11-23)17(24)14-6-4-5-7-15(14)18(25)21-16/h4-8,16H,9-11H2,1-3H3,(H,21,25)/t16-,19+/m1/s1. The number of rotatable bonds is 2. The first-order valence-corrected chi connectivity index (χ1v) is 8.54. The molecule has 1 saturated heterocycles. The number of hydrogen-bond acceptors (Lipinski definition) is 4. The van der Waals surface area contributed by atoms with Crippen LogP contribution in [0.15, 0.2) is 30.5 Å². The lowest BCUT2D eigenvalue weighted by atomic mass is 9.78. The summed E-state index contributed by atoms with van der Waals surface area (Å²) in [5, 5.41) is 7.37. The van der Waals surface area contributed by atoms with Crippen LogP contribution in [0.25, 0.3) is 0 Å². The molecule has 6 heteroatoms. The van der Waals surface area contributed by atoms with E-state index in [1.807, 2.05) is 37.8 Å². The fourth-order valence-electron chi connectivity index (χ4n) is 4.02. The normalized spacial score (nSPS) is 26.1. The first kappa shape index (κ1) is 16.0. The Bertz CT molecular complexity index is 872. The van der Waals surface area contributed by atoms with E-state index >= 15 is 0 Å². The highest BCUT2D eigenvalue weighted by atomic mass is 16.2. The minimum atomic E-state index is -0.613. The van der Waals surface area contributed by atoms with Crippen molar-refractivity contribution in [2.45, 2.75) is 26.4 Å². The summed E-state index contributed by atoms with van der Waals surface area (Å²) in [7, 11) is 1.93. The zero-order valence-electron chi connectivity index (χ0n) is 14.7. The number of aryl methyl sites for hydroxylation is 1. The van der Waals surface area contributed by atoms with Crippen LogP contribution in [0.5, 0.6) is 0 Å². The molecule has 0 bridgehead atoms. The molecule has 0 saturated carbocycles. The Labute approximate surface area is 146 Å². The second-order valence-electron chi connectivity index (χ2n) is 7.37. The number of hydrogen-bond donors (Lipinski definition) is 1. The van der Waals surface area contributed by atoms with Gasteiger partial charge in [0.1, 0.15) is 0 Å². The average molecular weight is 338 g/mol. The number of aromatic nitrogens is 2. The number of likely N-dealkylation sites (tertiary alicyclic amines) is 1. The zero-order valence-corrected chi connectivity index (χ0v) is 14.7. The van der Waals surface area contributed by atoms with E-state index in [1.165, 1.54) is 0 Å². The van der Waals surface area contributed by atoms with Crippen molar-refractivity contribution < 1.29 is 9.59 Å². The van der Waals surface area contributed by atoms with Gasteiger partial charge in [0, 0.05) is 43.5 Å². The van der Waals surface area contributed by atoms with Gasteiger partial charge < -0.3 is 5.32 Å². The quantitative estimate of drug-likeness (QED) is 0.902. The van der Waals surface area contributed by atoms with Crippen LogP contribution >= 0.6 is 0 Å². The number of benzene rings is 1. The maximum Gasteiger partial charge on any atom is 0.252 e. The number of amides is 1. The van der Waals surface area contributed by atoms with Crippen molar-refractivity contribution in [1.29, 1.82) is 0 Å². The van der Waals surface area contributed by atoms with Crippen molar-refractivity contribution in [1.82, 2.24) is 20.0 Å². The average Bonchev–Trinajstić information content (AvgIpc) is 3.06.